The fourth-order valence-corrected chi connectivity index (χ4v) is 1.99. The predicted octanol–water partition coefficient (Wildman–Crippen LogP) is 0.874. The lowest BCUT2D eigenvalue weighted by molar-refractivity contribution is -0.131. The molecule has 0 spiro atoms. The second-order valence-corrected chi connectivity index (χ2v) is 5.20. The van der Waals surface area contributed by atoms with E-state index in [1.54, 1.807) is 11.9 Å². The number of amides is 1. The van der Waals surface area contributed by atoms with E-state index in [-0.39, 0.29) is 18.3 Å². The summed E-state index contributed by atoms with van der Waals surface area (Å²) in [6.45, 7) is 0.568. The van der Waals surface area contributed by atoms with Gasteiger partial charge in [-0.1, -0.05) is 12.1 Å². The number of likely N-dealkylation sites (N-methyl/N-ethyl adjacent to an activating group) is 1. The van der Waals surface area contributed by atoms with Gasteiger partial charge in [0.15, 0.2) is 0 Å². The van der Waals surface area contributed by atoms with Gasteiger partial charge < -0.3 is 9.80 Å². The zero-order valence-electron chi connectivity index (χ0n) is 12.9. The van der Waals surface area contributed by atoms with Gasteiger partial charge in [0.2, 0.25) is 11.7 Å². The Kier molecular flexibility index (Phi) is 4.73. The van der Waals surface area contributed by atoms with Crippen LogP contribution in [0.5, 0.6) is 0 Å². The number of hydrogen-bond acceptors (Lipinski definition) is 5. The fourth-order valence-electron chi connectivity index (χ4n) is 1.99. The minimum Gasteiger partial charge on any atom is -0.378 e. The quantitative estimate of drug-likeness (QED) is 0.818. The lowest BCUT2D eigenvalue weighted by atomic mass is 10.2. The zero-order valence-corrected chi connectivity index (χ0v) is 12.9. The van der Waals surface area contributed by atoms with Crippen LogP contribution in [0.4, 0.5) is 5.69 Å². The van der Waals surface area contributed by atoms with Crippen LogP contribution in [-0.2, 0) is 17.9 Å². The molecule has 0 radical (unpaired) electrons. The van der Waals surface area contributed by atoms with Crippen LogP contribution >= 0.6 is 0 Å². The molecular weight excluding hydrogens is 280 g/mol. The molecule has 0 saturated carbocycles. The molecule has 1 aromatic heterocycles. The van der Waals surface area contributed by atoms with E-state index in [0.29, 0.717) is 6.54 Å². The first kappa shape index (κ1) is 15.5. The van der Waals surface area contributed by atoms with Gasteiger partial charge in [-0.05, 0) is 17.7 Å². The van der Waals surface area contributed by atoms with Crippen LogP contribution in [0, 0.1) is 11.3 Å². The molecule has 0 aliphatic heterocycles. The third-order valence-electron chi connectivity index (χ3n) is 3.32. The molecule has 0 bridgehead atoms. The standard InChI is InChI=1S/C15H18N6O/c1-19(2)13-6-4-12(5-7-13)9-20(3)15(22)10-21-11-17-18-14(21)8-16/h4-7,11H,9-10H2,1-3H3. The van der Waals surface area contributed by atoms with E-state index in [9.17, 15) is 4.79 Å². The van der Waals surface area contributed by atoms with E-state index in [1.165, 1.54) is 10.9 Å². The number of carbonyl (C=O) groups excluding carboxylic acids is 1. The van der Waals surface area contributed by atoms with Crippen LogP contribution in [0.3, 0.4) is 0 Å². The average molecular weight is 298 g/mol. The molecule has 114 valence electrons. The maximum Gasteiger partial charge on any atom is 0.242 e. The predicted molar refractivity (Wildman–Crippen MR) is 82.0 cm³/mol. The highest BCUT2D eigenvalue weighted by molar-refractivity contribution is 5.75. The summed E-state index contributed by atoms with van der Waals surface area (Å²) in [5, 5.41) is 16.1. The van der Waals surface area contributed by atoms with Crippen molar-refractivity contribution in [1.82, 2.24) is 19.7 Å². The maximum absolute atomic E-state index is 12.2. The van der Waals surface area contributed by atoms with E-state index >= 15 is 0 Å². The monoisotopic (exact) mass is 298 g/mol. The summed E-state index contributed by atoms with van der Waals surface area (Å²) in [6.07, 6.45) is 1.39. The Morgan fingerprint density at radius 1 is 1.27 bits per heavy atom. The Bertz CT molecular complexity index is 683. The Morgan fingerprint density at radius 2 is 1.95 bits per heavy atom. The molecule has 1 aromatic carbocycles. The summed E-state index contributed by atoms with van der Waals surface area (Å²) >= 11 is 0. The van der Waals surface area contributed by atoms with Crippen LogP contribution in [0.2, 0.25) is 0 Å². The van der Waals surface area contributed by atoms with Crippen molar-refractivity contribution in [3.05, 3.63) is 42.0 Å². The van der Waals surface area contributed by atoms with Crippen molar-refractivity contribution < 1.29 is 4.79 Å². The second kappa shape index (κ2) is 6.72. The van der Waals surface area contributed by atoms with Gasteiger partial charge in [0, 0.05) is 33.4 Å². The van der Waals surface area contributed by atoms with Crippen LogP contribution < -0.4 is 4.90 Å². The molecule has 7 heteroatoms. The highest BCUT2D eigenvalue weighted by Gasteiger charge is 2.13. The molecule has 0 aliphatic carbocycles. The summed E-state index contributed by atoms with van der Waals surface area (Å²) in [7, 11) is 5.70. The van der Waals surface area contributed by atoms with E-state index < -0.39 is 0 Å². The molecule has 1 heterocycles. The first-order chi connectivity index (χ1) is 10.5. The molecule has 0 atom stereocenters. The van der Waals surface area contributed by atoms with Crippen LogP contribution in [0.15, 0.2) is 30.6 Å². The lowest BCUT2D eigenvalue weighted by Crippen LogP contribution is -2.30. The molecule has 22 heavy (non-hydrogen) atoms. The number of carbonyl (C=O) groups is 1. The second-order valence-electron chi connectivity index (χ2n) is 5.20. The van der Waals surface area contributed by atoms with Crippen molar-refractivity contribution in [1.29, 1.82) is 5.26 Å². The van der Waals surface area contributed by atoms with Gasteiger partial charge in [0.05, 0.1) is 0 Å². The summed E-state index contributed by atoms with van der Waals surface area (Å²) in [5.74, 6) is 0.0325. The Morgan fingerprint density at radius 3 is 2.55 bits per heavy atom. The number of anilines is 1. The molecule has 0 saturated heterocycles. The van der Waals surface area contributed by atoms with Crippen molar-refractivity contribution in [2.75, 3.05) is 26.0 Å². The van der Waals surface area contributed by atoms with Crippen molar-refractivity contribution in [3.63, 3.8) is 0 Å². The first-order valence-electron chi connectivity index (χ1n) is 6.79. The van der Waals surface area contributed by atoms with E-state index in [0.717, 1.165) is 11.3 Å². The third kappa shape index (κ3) is 3.61. The Hall–Kier alpha value is -2.88. The van der Waals surface area contributed by atoms with E-state index in [1.807, 2.05) is 49.3 Å². The number of nitrogens with zero attached hydrogens (tertiary/aromatic N) is 6. The fraction of sp³-hybridized carbons (Fsp3) is 0.333. The SMILES string of the molecule is CN(Cc1ccc(N(C)C)cc1)C(=O)Cn1cnnc1C#N. The van der Waals surface area contributed by atoms with E-state index in [4.69, 9.17) is 5.26 Å². The molecule has 0 aliphatic rings. The lowest BCUT2D eigenvalue weighted by Gasteiger charge is -2.18. The molecule has 0 N–H and O–H groups in total. The van der Waals surface area contributed by atoms with Gasteiger partial charge in [-0.25, -0.2) is 0 Å². The number of benzene rings is 1. The van der Waals surface area contributed by atoms with Gasteiger partial charge in [-0.2, -0.15) is 5.26 Å². The smallest absolute Gasteiger partial charge is 0.242 e. The van der Waals surface area contributed by atoms with Gasteiger partial charge in [0.25, 0.3) is 0 Å². The Labute approximate surface area is 129 Å². The van der Waals surface area contributed by atoms with Crippen molar-refractivity contribution in [2.45, 2.75) is 13.1 Å². The Balaban J connectivity index is 1.98. The zero-order chi connectivity index (χ0) is 16.1. The van der Waals surface area contributed by atoms with Crippen molar-refractivity contribution in [2.24, 2.45) is 0 Å². The van der Waals surface area contributed by atoms with Crippen LogP contribution in [-0.4, -0.2) is 46.7 Å². The van der Waals surface area contributed by atoms with Gasteiger partial charge in [0.1, 0.15) is 18.9 Å². The summed E-state index contributed by atoms with van der Waals surface area (Å²) < 4.78 is 1.44. The minimum absolute atomic E-state index is 0.0577. The van der Waals surface area contributed by atoms with E-state index in [2.05, 4.69) is 10.2 Å². The number of hydrogen-bond donors (Lipinski definition) is 0. The molecule has 2 rings (SSSR count). The van der Waals surface area contributed by atoms with Gasteiger partial charge in [-0.15, -0.1) is 10.2 Å². The summed E-state index contributed by atoms with van der Waals surface area (Å²) in [6, 6.07) is 9.93. The first-order valence-corrected chi connectivity index (χ1v) is 6.79. The average Bonchev–Trinajstić information content (AvgIpc) is 2.94. The summed E-state index contributed by atoms with van der Waals surface area (Å²) in [4.78, 5) is 15.8. The third-order valence-corrected chi connectivity index (χ3v) is 3.32. The number of rotatable bonds is 5. The number of aromatic nitrogens is 3. The minimum atomic E-state index is -0.104. The molecule has 0 fully saturated rings. The normalized spacial score (nSPS) is 10.1. The van der Waals surface area contributed by atoms with Gasteiger partial charge in [-0.3, -0.25) is 9.36 Å². The molecular formula is C15H18N6O. The van der Waals surface area contributed by atoms with Crippen LogP contribution in [0.25, 0.3) is 0 Å². The highest BCUT2D eigenvalue weighted by atomic mass is 16.2. The number of nitriles is 1. The highest BCUT2D eigenvalue weighted by Crippen LogP contribution is 2.13. The largest absolute Gasteiger partial charge is 0.378 e. The molecule has 1 amide bonds. The maximum atomic E-state index is 12.2. The topological polar surface area (TPSA) is 78.1 Å². The summed E-state index contributed by atoms with van der Waals surface area (Å²) in [5.41, 5.74) is 2.16. The molecule has 0 unspecified atom stereocenters. The van der Waals surface area contributed by atoms with Crippen molar-refractivity contribution in [3.8, 4) is 6.07 Å². The molecule has 7 nitrogen and oxygen atoms in total. The van der Waals surface area contributed by atoms with Gasteiger partial charge >= 0.3 is 0 Å². The van der Waals surface area contributed by atoms with Crippen LogP contribution in [0.1, 0.15) is 11.4 Å². The van der Waals surface area contributed by atoms with Crippen molar-refractivity contribution >= 4 is 11.6 Å². The molecule has 2 aromatic rings.